The number of benzene rings is 1. The van der Waals surface area contributed by atoms with Crippen molar-refractivity contribution in [3.8, 4) is 5.69 Å². The molecule has 1 aromatic heterocycles. The molecule has 0 bridgehead atoms. The van der Waals surface area contributed by atoms with Crippen molar-refractivity contribution in [1.29, 1.82) is 0 Å². The van der Waals surface area contributed by atoms with E-state index in [1.54, 1.807) is 0 Å². The summed E-state index contributed by atoms with van der Waals surface area (Å²) in [6, 6.07) is 8.87. The van der Waals surface area contributed by atoms with Gasteiger partial charge in [0.25, 0.3) is 0 Å². The number of aromatic nitrogens is 2. The predicted molar refractivity (Wildman–Crippen MR) is 87.4 cm³/mol. The van der Waals surface area contributed by atoms with Crippen molar-refractivity contribution in [2.45, 2.75) is 39.7 Å². The van der Waals surface area contributed by atoms with Crippen LogP contribution in [0.2, 0.25) is 0 Å². The Bertz CT molecular complexity index is 575. The van der Waals surface area contributed by atoms with Crippen molar-refractivity contribution < 1.29 is 0 Å². The van der Waals surface area contributed by atoms with Crippen molar-refractivity contribution >= 4 is 15.9 Å². The summed E-state index contributed by atoms with van der Waals surface area (Å²) in [6.45, 7) is 9.58. The molecule has 0 aliphatic heterocycles. The van der Waals surface area contributed by atoms with Crippen molar-refractivity contribution in [3.05, 3.63) is 46.2 Å². The van der Waals surface area contributed by atoms with Gasteiger partial charge in [0.1, 0.15) is 0 Å². The second kappa shape index (κ2) is 6.55. The summed E-state index contributed by atoms with van der Waals surface area (Å²) < 4.78 is 3.00. The first kappa shape index (κ1) is 15.3. The number of nitrogens with zero attached hydrogens (tertiary/aromatic N) is 2. The van der Waals surface area contributed by atoms with Crippen LogP contribution in [0, 0.1) is 0 Å². The number of hydrogen-bond donors (Lipinski definition) is 1. The van der Waals surface area contributed by atoms with Crippen molar-refractivity contribution in [2.24, 2.45) is 0 Å². The Morgan fingerprint density at radius 3 is 2.55 bits per heavy atom. The van der Waals surface area contributed by atoms with E-state index in [-0.39, 0.29) is 0 Å². The lowest BCUT2D eigenvalue weighted by Gasteiger charge is -2.14. The van der Waals surface area contributed by atoms with E-state index in [0.717, 1.165) is 22.4 Å². The Balaban J connectivity index is 2.29. The van der Waals surface area contributed by atoms with E-state index in [9.17, 15) is 0 Å². The Morgan fingerprint density at radius 2 is 2.00 bits per heavy atom. The molecule has 0 aliphatic carbocycles. The van der Waals surface area contributed by atoms with Crippen LogP contribution in [0.4, 0.5) is 0 Å². The van der Waals surface area contributed by atoms with E-state index in [2.05, 4.69) is 78.3 Å². The van der Waals surface area contributed by atoms with Crippen LogP contribution in [-0.4, -0.2) is 16.3 Å². The maximum Gasteiger partial charge on any atom is 0.0787 e. The molecule has 2 rings (SSSR count). The van der Waals surface area contributed by atoms with Gasteiger partial charge in [-0.05, 0) is 59.1 Å². The molecule has 0 spiro atoms. The van der Waals surface area contributed by atoms with Crippen LogP contribution in [0.5, 0.6) is 0 Å². The molecule has 20 heavy (non-hydrogen) atoms. The average molecular weight is 336 g/mol. The van der Waals surface area contributed by atoms with E-state index in [4.69, 9.17) is 0 Å². The molecule has 3 nitrogen and oxygen atoms in total. The highest BCUT2D eigenvalue weighted by Gasteiger charge is 2.10. The monoisotopic (exact) mass is 335 g/mol. The third-order valence-electron chi connectivity index (χ3n) is 3.43. The SMILES string of the molecule is CCNC(C)c1ccc(-n2ccc(C(C)C)n2)c(Br)c1. The summed E-state index contributed by atoms with van der Waals surface area (Å²) >= 11 is 3.66. The second-order valence-electron chi connectivity index (χ2n) is 5.33. The number of nitrogens with one attached hydrogen (secondary N) is 1. The fourth-order valence-corrected chi connectivity index (χ4v) is 2.76. The zero-order chi connectivity index (χ0) is 14.7. The molecule has 0 amide bonds. The lowest BCUT2D eigenvalue weighted by molar-refractivity contribution is 0.597. The first-order valence-corrected chi connectivity index (χ1v) is 7.91. The van der Waals surface area contributed by atoms with Gasteiger partial charge in [-0.25, -0.2) is 4.68 Å². The molecule has 0 aliphatic rings. The quantitative estimate of drug-likeness (QED) is 0.875. The third-order valence-corrected chi connectivity index (χ3v) is 4.07. The van der Waals surface area contributed by atoms with Gasteiger partial charge in [-0.1, -0.05) is 26.8 Å². The topological polar surface area (TPSA) is 29.9 Å². The van der Waals surface area contributed by atoms with Crippen LogP contribution in [0.15, 0.2) is 34.9 Å². The highest BCUT2D eigenvalue weighted by Crippen LogP contribution is 2.25. The normalized spacial score (nSPS) is 12.9. The van der Waals surface area contributed by atoms with Gasteiger partial charge < -0.3 is 5.32 Å². The van der Waals surface area contributed by atoms with Gasteiger partial charge in [0.15, 0.2) is 0 Å². The first-order valence-electron chi connectivity index (χ1n) is 7.11. The largest absolute Gasteiger partial charge is 0.310 e. The number of rotatable bonds is 5. The molecule has 0 saturated carbocycles. The standard InChI is InChI=1S/C16H22BrN3/c1-5-18-12(4)13-6-7-16(14(17)10-13)20-9-8-15(19-20)11(2)3/h6-12,18H,5H2,1-4H3. The Kier molecular flexibility index (Phi) is 5.00. The highest BCUT2D eigenvalue weighted by atomic mass is 79.9. The van der Waals surface area contributed by atoms with Crippen LogP contribution in [0.1, 0.15) is 50.9 Å². The molecular formula is C16H22BrN3. The van der Waals surface area contributed by atoms with Gasteiger partial charge in [0.2, 0.25) is 0 Å². The smallest absolute Gasteiger partial charge is 0.0787 e. The van der Waals surface area contributed by atoms with Crippen LogP contribution in [-0.2, 0) is 0 Å². The van der Waals surface area contributed by atoms with Crippen LogP contribution < -0.4 is 5.32 Å². The molecule has 1 N–H and O–H groups in total. The number of hydrogen-bond acceptors (Lipinski definition) is 2. The molecule has 0 radical (unpaired) electrons. The molecule has 1 aromatic carbocycles. The van der Waals surface area contributed by atoms with E-state index < -0.39 is 0 Å². The molecule has 108 valence electrons. The van der Waals surface area contributed by atoms with E-state index in [1.165, 1.54) is 5.56 Å². The third kappa shape index (κ3) is 3.30. The number of halogens is 1. The summed E-state index contributed by atoms with van der Waals surface area (Å²) in [7, 11) is 0. The van der Waals surface area contributed by atoms with Gasteiger partial charge in [-0.2, -0.15) is 5.10 Å². The zero-order valence-corrected chi connectivity index (χ0v) is 14.1. The van der Waals surface area contributed by atoms with Crippen LogP contribution >= 0.6 is 15.9 Å². The molecule has 1 atom stereocenters. The minimum atomic E-state index is 0.356. The van der Waals surface area contributed by atoms with E-state index >= 15 is 0 Å². The molecule has 0 fully saturated rings. The van der Waals surface area contributed by atoms with Crippen LogP contribution in [0.25, 0.3) is 5.69 Å². The van der Waals surface area contributed by atoms with E-state index in [0.29, 0.717) is 12.0 Å². The highest BCUT2D eigenvalue weighted by molar-refractivity contribution is 9.10. The molecule has 1 heterocycles. The lowest BCUT2D eigenvalue weighted by atomic mass is 10.1. The minimum Gasteiger partial charge on any atom is -0.310 e. The summed E-state index contributed by atoms with van der Waals surface area (Å²) in [6.07, 6.45) is 2.02. The van der Waals surface area contributed by atoms with Crippen molar-refractivity contribution in [2.75, 3.05) is 6.54 Å². The van der Waals surface area contributed by atoms with Gasteiger partial charge >= 0.3 is 0 Å². The summed E-state index contributed by atoms with van der Waals surface area (Å²) in [4.78, 5) is 0. The second-order valence-corrected chi connectivity index (χ2v) is 6.18. The van der Waals surface area contributed by atoms with Crippen molar-refractivity contribution in [3.63, 3.8) is 0 Å². The van der Waals surface area contributed by atoms with Crippen LogP contribution in [0.3, 0.4) is 0 Å². The Morgan fingerprint density at radius 1 is 1.25 bits per heavy atom. The Labute approximate surface area is 129 Å². The summed E-state index contributed by atoms with van der Waals surface area (Å²) in [5, 5.41) is 8.05. The maximum atomic E-state index is 4.62. The first-order chi connectivity index (χ1) is 9.52. The minimum absolute atomic E-state index is 0.356. The van der Waals surface area contributed by atoms with Crippen molar-refractivity contribution in [1.82, 2.24) is 15.1 Å². The summed E-state index contributed by atoms with van der Waals surface area (Å²) in [5.74, 6) is 0.447. The Hall–Kier alpha value is -1.13. The molecule has 1 unspecified atom stereocenters. The predicted octanol–water partition coefficient (Wildman–Crippen LogP) is 4.43. The van der Waals surface area contributed by atoms with Gasteiger partial charge in [-0.15, -0.1) is 0 Å². The van der Waals surface area contributed by atoms with Gasteiger partial charge in [0.05, 0.1) is 11.4 Å². The molecule has 0 saturated heterocycles. The summed E-state index contributed by atoms with van der Waals surface area (Å²) in [5.41, 5.74) is 3.46. The molecular weight excluding hydrogens is 314 g/mol. The zero-order valence-electron chi connectivity index (χ0n) is 12.5. The molecule has 2 aromatic rings. The fourth-order valence-electron chi connectivity index (χ4n) is 2.18. The molecule has 4 heteroatoms. The van der Waals surface area contributed by atoms with Gasteiger partial charge in [0, 0.05) is 16.7 Å². The van der Waals surface area contributed by atoms with Gasteiger partial charge in [-0.3, -0.25) is 0 Å². The average Bonchev–Trinajstić information content (AvgIpc) is 2.88. The maximum absolute atomic E-state index is 4.62. The lowest BCUT2D eigenvalue weighted by Crippen LogP contribution is -2.17. The van der Waals surface area contributed by atoms with E-state index in [1.807, 2.05) is 10.9 Å². The fraction of sp³-hybridized carbons (Fsp3) is 0.438.